The molecule has 2 rings (SSSR count). The number of rotatable bonds is 7. The topological polar surface area (TPSA) is 153 Å². The standard InChI is InChI=1S/C11H15N3O6S2/c12-22(19,20)10-5-8(14(17)18)11(21-10)13-7-3-6(4-7)1-2-9(15)16/h5-7,13H,1-4H2,(H,15,16)(H2,12,19,20). The molecule has 1 heterocycles. The van der Waals surface area contributed by atoms with Gasteiger partial charge in [0.05, 0.1) is 4.92 Å². The molecule has 9 nitrogen and oxygen atoms in total. The van der Waals surface area contributed by atoms with Crippen LogP contribution >= 0.6 is 11.3 Å². The lowest BCUT2D eigenvalue weighted by Gasteiger charge is -2.35. The first-order valence-corrected chi connectivity index (χ1v) is 8.82. The van der Waals surface area contributed by atoms with E-state index < -0.39 is 20.9 Å². The molecule has 22 heavy (non-hydrogen) atoms. The molecule has 0 atom stereocenters. The highest BCUT2D eigenvalue weighted by Crippen LogP contribution is 2.40. The van der Waals surface area contributed by atoms with Crippen molar-refractivity contribution in [1.29, 1.82) is 0 Å². The molecule has 1 fully saturated rings. The van der Waals surface area contributed by atoms with Crippen LogP contribution in [0, 0.1) is 16.0 Å². The number of thiophene rings is 1. The van der Waals surface area contributed by atoms with Gasteiger partial charge < -0.3 is 10.4 Å². The average Bonchev–Trinajstić information content (AvgIpc) is 2.75. The number of carboxylic acids is 1. The molecule has 0 unspecified atom stereocenters. The normalized spacial score (nSPS) is 21.1. The number of hydrogen-bond donors (Lipinski definition) is 3. The molecule has 0 aromatic carbocycles. The summed E-state index contributed by atoms with van der Waals surface area (Å²) in [7, 11) is -3.98. The highest BCUT2D eigenvalue weighted by molar-refractivity contribution is 7.91. The molecular formula is C11H15N3O6S2. The minimum Gasteiger partial charge on any atom is -0.481 e. The average molecular weight is 349 g/mol. The van der Waals surface area contributed by atoms with E-state index in [4.69, 9.17) is 10.2 Å². The Kier molecular flexibility index (Phi) is 4.68. The van der Waals surface area contributed by atoms with Crippen LogP contribution in [0.3, 0.4) is 0 Å². The van der Waals surface area contributed by atoms with Crippen molar-refractivity contribution in [2.45, 2.75) is 35.9 Å². The Balaban J connectivity index is 2.00. The fraction of sp³-hybridized carbons (Fsp3) is 0.545. The smallest absolute Gasteiger partial charge is 0.304 e. The van der Waals surface area contributed by atoms with Crippen LogP contribution in [-0.4, -0.2) is 30.5 Å². The van der Waals surface area contributed by atoms with Crippen molar-refractivity contribution in [3.8, 4) is 0 Å². The van der Waals surface area contributed by atoms with Gasteiger partial charge in [0.2, 0.25) is 10.0 Å². The number of hydrogen-bond acceptors (Lipinski definition) is 7. The second-order valence-corrected chi connectivity index (χ2v) is 8.03. The summed E-state index contributed by atoms with van der Waals surface area (Å²) in [5, 5.41) is 27.7. The highest BCUT2D eigenvalue weighted by atomic mass is 32.2. The number of nitrogens with two attached hydrogens (primary N) is 1. The summed E-state index contributed by atoms with van der Waals surface area (Å²) in [4.78, 5) is 20.8. The second kappa shape index (κ2) is 6.18. The van der Waals surface area contributed by atoms with Gasteiger partial charge >= 0.3 is 11.7 Å². The molecule has 122 valence electrons. The number of nitrogens with zero attached hydrogens (tertiary/aromatic N) is 1. The zero-order valence-electron chi connectivity index (χ0n) is 11.4. The fourth-order valence-electron chi connectivity index (χ4n) is 2.34. The van der Waals surface area contributed by atoms with Gasteiger partial charge in [-0.2, -0.15) is 0 Å². The van der Waals surface area contributed by atoms with E-state index in [1.165, 1.54) is 0 Å². The third kappa shape index (κ3) is 3.93. The van der Waals surface area contributed by atoms with Crippen LogP contribution in [0.15, 0.2) is 10.3 Å². The van der Waals surface area contributed by atoms with Gasteiger partial charge in [-0.25, -0.2) is 13.6 Å². The zero-order valence-corrected chi connectivity index (χ0v) is 13.0. The van der Waals surface area contributed by atoms with Gasteiger partial charge in [0, 0.05) is 18.5 Å². The predicted octanol–water partition coefficient (Wildman–Crippen LogP) is 1.36. The summed E-state index contributed by atoms with van der Waals surface area (Å²) in [5.74, 6) is -0.576. The van der Waals surface area contributed by atoms with Gasteiger partial charge in [-0.3, -0.25) is 14.9 Å². The van der Waals surface area contributed by atoms with Gasteiger partial charge in [0.15, 0.2) is 5.00 Å². The Hall–Kier alpha value is -1.72. The second-order valence-electron chi connectivity index (χ2n) is 5.19. The lowest BCUT2D eigenvalue weighted by molar-refractivity contribution is -0.383. The molecule has 0 aliphatic heterocycles. The first kappa shape index (κ1) is 16.6. The maximum Gasteiger partial charge on any atom is 0.304 e. The molecule has 4 N–H and O–H groups in total. The Morgan fingerprint density at radius 1 is 1.55 bits per heavy atom. The number of carbonyl (C=O) groups is 1. The monoisotopic (exact) mass is 349 g/mol. The molecule has 0 bridgehead atoms. The van der Waals surface area contributed by atoms with Crippen LogP contribution in [0.25, 0.3) is 0 Å². The lowest BCUT2D eigenvalue weighted by atomic mass is 9.77. The van der Waals surface area contributed by atoms with Gasteiger partial charge in [-0.1, -0.05) is 11.3 Å². The highest BCUT2D eigenvalue weighted by Gasteiger charge is 2.32. The molecule has 1 aromatic heterocycles. The number of primary sulfonamides is 1. The maximum absolute atomic E-state index is 11.3. The SMILES string of the molecule is NS(=O)(=O)c1cc([N+](=O)[O-])c(NC2CC(CCC(=O)O)C2)s1. The van der Waals surface area contributed by atoms with Crippen molar-refractivity contribution in [2.75, 3.05) is 5.32 Å². The summed E-state index contributed by atoms with van der Waals surface area (Å²) in [6, 6.07) is 0.924. The van der Waals surface area contributed by atoms with E-state index in [1.807, 2.05) is 0 Å². The van der Waals surface area contributed by atoms with Crippen molar-refractivity contribution < 1.29 is 23.2 Å². The summed E-state index contributed by atoms with van der Waals surface area (Å²) >= 11 is 0.732. The van der Waals surface area contributed by atoms with Crippen LogP contribution < -0.4 is 10.5 Å². The van der Waals surface area contributed by atoms with E-state index in [2.05, 4.69) is 5.32 Å². The van der Waals surface area contributed by atoms with Crippen LogP contribution in [0.1, 0.15) is 25.7 Å². The number of nitro groups is 1. The quantitative estimate of drug-likeness (QED) is 0.496. The Bertz CT molecular complexity index is 693. The van der Waals surface area contributed by atoms with Gasteiger partial charge in [0.1, 0.15) is 4.21 Å². The zero-order chi connectivity index (χ0) is 16.5. The molecule has 0 amide bonds. The van der Waals surface area contributed by atoms with Crippen LogP contribution in [-0.2, 0) is 14.8 Å². The van der Waals surface area contributed by atoms with E-state index in [0.29, 0.717) is 19.3 Å². The first-order valence-electron chi connectivity index (χ1n) is 6.46. The maximum atomic E-state index is 11.3. The Morgan fingerprint density at radius 3 is 2.68 bits per heavy atom. The van der Waals surface area contributed by atoms with Crippen molar-refractivity contribution in [3.05, 3.63) is 16.2 Å². The Morgan fingerprint density at radius 2 is 2.18 bits per heavy atom. The number of sulfonamides is 1. The molecule has 1 aromatic rings. The van der Waals surface area contributed by atoms with Crippen LogP contribution in [0.5, 0.6) is 0 Å². The largest absolute Gasteiger partial charge is 0.481 e. The third-order valence-corrected chi connectivity index (χ3v) is 5.98. The van der Waals surface area contributed by atoms with Gasteiger partial charge in [-0.05, 0) is 25.2 Å². The Labute approximate surface area is 130 Å². The van der Waals surface area contributed by atoms with E-state index in [0.717, 1.165) is 17.4 Å². The molecular weight excluding hydrogens is 334 g/mol. The van der Waals surface area contributed by atoms with Crippen molar-refractivity contribution in [3.63, 3.8) is 0 Å². The van der Waals surface area contributed by atoms with Gasteiger partial charge in [-0.15, -0.1) is 0 Å². The lowest BCUT2D eigenvalue weighted by Crippen LogP contribution is -2.35. The van der Waals surface area contributed by atoms with E-state index in [9.17, 15) is 23.3 Å². The number of aliphatic carboxylic acids is 1. The summed E-state index contributed by atoms with van der Waals surface area (Å²) in [5.41, 5.74) is -0.317. The minimum atomic E-state index is -3.98. The molecule has 0 radical (unpaired) electrons. The summed E-state index contributed by atoms with van der Waals surface area (Å²) < 4.78 is 22.3. The van der Waals surface area contributed by atoms with Crippen molar-refractivity contribution in [1.82, 2.24) is 0 Å². The summed E-state index contributed by atoms with van der Waals surface area (Å²) in [6.07, 6.45) is 2.08. The van der Waals surface area contributed by atoms with E-state index >= 15 is 0 Å². The first-order chi connectivity index (χ1) is 10.2. The van der Waals surface area contributed by atoms with E-state index in [-0.39, 0.29) is 33.3 Å². The fourth-order valence-corrected chi connectivity index (χ4v) is 4.17. The van der Waals surface area contributed by atoms with Crippen molar-refractivity contribution >= 4 is 38.0 Å². The molecule has 1 aliphatic carbocycles. The number of carboxylic acid groups (broad SMARTS) is 1. The summed E-state index contributed by atoms with van der Waals surface area (Å²) in [6.45, 7) is 0. The number of nitrogens with one attached hydrogen (secondary N) is 1. The molecule has 11 heteroatoms. The molecule has 1 aliphatic rings. The predicted molar refractivity (Wildman–Crippen MR) is 79.4 cm³/mol. The van der Waals surface area contributed by atoms with Crippen LogP contribution in [0.2, 0.25) is 0 Å². The molecule has 1 saturated carbocycles. The molecule has 0 spiro atoms. The third-order valence-electron chi connectivity index (χ3n) is 3.50. The number of anilines is 1. The van der Waals surface area contributed by atoms with Crippen LogP contribution in [0.4, 0.5) is 10.7 Å². The van der Waals surface area contributed by atoms with E-state index in [1.54, 1.807) is 0 Å². The van der Waals surface area contributed by atoms with Gasteiger partial charge in [0.25, 0.3) is 0 Å². The molecule has 0 saturated heterocycles. The minimum absolute atomic E-state index is 0.0236. The van der Waals surface area contributed by atoms with Crippen molar-refractivity contribution in [2.24, 2.45) is 11.1 Å².